The third-order valence-electron chi connectivity index (χ3n) is 4.07. The van der Waals surface area contributed by atoms with Crippen LogP contribution in [0.1, 0.15) is 10.9 Å². The highest BCUT2D eigenvalue weighted by atomic mass is 35.5. The Morgan fingerprint density at radius 1 is 1.21 bits per heavy atom. The van der Waals surface area contributed by atoms with Gasteiger partial charge in [0.2, 0.25) is 0 Å². The average molecular weight is 444 g/mol. The Hall–Kier alpha value is -1.80. The van der Waals surface area contributed by atoms with E-state index >= 15 is 0 Å². The van der Waals surface area contributed by atoms with E-state index in [0.717, 1.165) is 5.56 Å². The quantitative estimate of drug-likeness (QED) is 0.590. The predicted molar refractivity (Wildman–Crippen MR) is 110 cm³/mol. The Kier molecular flexibility index (Phi) is 7.18. The lowest BCUT2D eigenvalue weighted by atomic mass is 10.1. The molecule has 2 unspecified atom stereocenters. The smallest absolute Gasteiger partial charge is 0.321 e. The Morgan fingerprint density at radius 3 is 2.71 bits per heavy atom. The van der Waals surface area contributed by atoms with Gasteiger partial charge in [0, 0.05) is 22.4 Å². The number of rotatable bonds is 8. The van der Waals surface area contributed by atoms with Crippen molar-refractivity contribution in [2.24, 2.45) is 0 Å². The summed E-state index contributed by atoms with van der Waals surface area (Å²) in [5.41, 5.74) is 0.828. The maximum Gasteiger partial charge on any atom is 0.321 e. The number of methoxy groups -OCH3 is 1. The number of halogens is 2. The first-order valence-corrected chi connectivity index (χ1v) is 10.3. The molecule has 28 heavy (non-hydrogen) atoms. The second-order valence-corrected chi connectivity index (χ2v) is 7.90. The summed E-state index contributed by atoms with van der Waals surface area (Å²) in [7, 11) is 1.56. The lowest BCUT2D eigenvalue weighted by molar-refractivity contribution is -0.138. The zero-order valence-corrected chi connectivity index (χ0v) is 17.3. The number of para-hydroxylation sites is 1. The summed E-state index contributed by atoms with van der Waals surface area (Å²) in [6.45, 7) is 0.497. The van der Waals surface area contributed by atoms with Crippen molar-refractivity contribution in [3.05, 3.63) is 52.0 Å². The molecule has 2 N–H and O–H groups in total. The van der Waals surface area contributed by atoms with Crippen LogP contribution in [0.2, 0.25) is 10.0 Å². The van der Waals surface area contributed by atoms with E-state index in [4.69, 9.17) is 37.4 Å². The molecule has 2 aromatic carbocycles. The molecule has 0 amide bonds. The van der Waals surface area contributed by atoms with E-state index in [1.165, 1.54) is 11.8 Å². The van der Waals surface area contributed by atoms with Gasteiger partial charge in [-0.15, -0.1) is 11.8 Å². The van der Waals surface area contributed by atoms with Crippen molar-refractivity contribution >= 4 is 40.9 Å². The number of benzene rings is 2. The third kappa shape index (κ3) is 4.97. The van der Waals surface area contributed by atoms with Crippen LogP contribution < -0.4 is 19.5 Å². The van der Waals surface area contributed by atoms with E-state index in [9.17, 15) is 9.90 Å². The second-order valence-electron chi connectivity index (χ2n) is 5.92. The number of nitrogens with one attached hydrogen (secondary N) is 1. The molecule has 1 saturated heterocycles. The Bertz CT molecular complexity index is 851. The third-order valence-corrected chi connectivity index (χ3v) is 5.87. The molecule has 0 spiro atoms. The van der Waals surface area contributed by atoms with Crippen LogP contribution in [0.15, 0.2) is 36.4 Å². The van der Waals surface area contributed by atoms with Crippen LogP contribution in [-0.4, -0.2) is 43.2 Å². The van der Waals surface area contributed by atoms with Crippen molar-refractivity contribution in [3.8, 4) is 17.2 Å². The molecule has 0 saturated carbocycles. The van der Waals surface area contributed by atoms with Crippen molar-refractivity contribution in [2.45, 2.75) is 11.4 Å². The Labute approximate surface area is 177 Å². The van der Waals surface area contributed by atoms with E-state index in [2.05, 4.69) is 5.32 Å². The molecule has 0 aromatic heterocycles. The molecule has 1 heterocycles. The number of ether oxygens (including phenoxy) is 3. The topological polar surface area (TPSA) is 77.0 Å². The molecular weight excluding hydrogens is 425 g/mol. The van der Waals surface area contributed by atoms with E-state index in [0.29, 0.717) is 33.0 Å². The van der Waals surface area contributed by atoms with Gasteiger partial charge in [0.25, 0.3) is 0 Å². The van der Waals surface area contributed by atoms with Crippen molar-refractivity contribution < 1.29 is 24.1 Å². The van der Waals surface area contributed by atoms with Gasteiger partial charge in [0.1, 0.15) is 25.0 Å². The van der Waals surface area contributed by atoms with Gasteiger partial charge in [0.15, 0.2) is 11.5 Å². The van der Waals surface area contributed by atoms with Crippen molar-refractivity contribution in [1.82, 2.24) is 5.32 Å². The van der Waals surface area contributed by atoms with Gasteiger partial charge in [-0.2, -0.15) is 0 Å². The van der Waals surface area contributed by atoms with E-state index in [-0.39, 0.29) is 18.6 Å². The number of carboxylic acids is 1. The average Bonchev–Trinajstić information content (AvgIpc) is 3.18. The maximum atomic E-state index is 11.2. The molecule has 0 radical (unpaired) electrons. The van der Waals surface area contributed by atoms with Gasteiger partial charge in [-0.1, -0.05) is 35.3 Å². The molecule has 3 rings (SSSR count). The highest BCUT2D eigenvalue weighted by Gasteiger charge is 2.32. The lowest BCUT2D eigenvalue weighted by Gasteiger charge is -2.19. The molecule has 9 heteroatoms. The summed E-state index contributed by atoms with van der Waals surface area (Å²) in [5.74, 6) is 1.22. The molecule has 1 aliphatic rings. The highest BCUT2D eigenvalue weighted by Crippen LogP contribution is 2.42. The van der Waals surface area contributed by atoms with Gasteiger partial charge in [-0.05, 0) is 18.2 Å². The number of carboxylic acid groups (broad SMARTS) is 1. The number of hydrogen-bond acceptors (Lipinski definition) is 6. The molecule has 0 aliphatic carbocycles. The van der Waals surface area contributed by atoms with Crippen LogP contribution in [0.5, 0.6) is 17.2 Å². The summed E-state index contributed by atoms with van der Waals surface area (Å²) >= 11 is 13.6. The molecule has 6 nitrogen and oxygen atoms in total. The monoisotopic (exact) mass is 443 g/mol. The Balaban J connectivity index is 1.67. The minimum absolute atomic E-state index is 0.200. The van der Waals surface area contributed by atoms with Crippen molar-refractivity contribution in [1.29, 1.82) is 0 Å². The first kappa shape index (κ1) is 20.9. The minimum atomic E-state index is -0.868. The van der Waals surface area contributed by atoms with Gasteiger partial charge in [-0.25, -0.2) is 0 Å². The lowest BCUT2D eigenvalue weighted by Crippen LogP contribution is -2.33. The van der Waals surface area contributed by atoms with Crippen molar-refractivity contribution in [3.63, 3.8) is 0 Å². The van der Waals surface area contributed by atoms with Gasteiger partial charge < -0.3 is 19.3 Å². The summed E-state index contributed by atoms with van der Waals surface area (Å²) in [4.78, 5) is 11.2. The molecule has 150 valence electrons. The summed E-state index contributed by atoms with van der Waals surface area (Å²) < 4.78 is 17.0. The van der Waals surface area contributed by atoms with E-state index in [1.54, 1.807) is 31.4 Å². The fraction of sp³-hybridized carbons (Fsp3) is 0.316. The number of hydrogen-bond donors (Lipinski definition) is 2. The molecule has 1 fully saturated rings. The fourth-order valence-electron chi connectivity index (χ4n) is 2.73. The number of carbonyl (C=O) groups is 1. The minimum Gasteiger partial charge on any atom is -0.493 e. The van der Waals surface area contributed by atoms with Crippen LogP contribution in [0.3, 0.4) is 0 Å². The molecule has 2 aromatic rings. The van der Waals surface area contributed by atoms with E-state index in [1.807, 2.05) is 12.1 Å². The first-order chi connectivity index (χ1) is 13.5. The zero-order valence-electron chi connectivity index (χ0n) is 15.0. The van der Waals surface area contributed by atoms with Crippen LogP contribution in [-0.2, 0) is 4.79 Å². The normalized spacial score (nSPS) is 18.7. The van der Waals surface area contributed by atoms with Crippen LogP contribution in [0.4, 0.5) is 0 Å². The maximum absolute atomic E-state index is 11.2. The molecule has 2 atom stereocenters. The standard InChI is InChI=1S/C19H19Cl2NO5S/c1-25-15-4-2-3-12(18-22-14(10-28-18)19(23)24)17(15)27-8-7-26-16-9-11(20)5-6-13(16)21/h2-6,9,14,18,22H,7-8,10H2,1H3,(H,23,24). The van der Waals surface area contributed by atoms with Crippen LogP contribution in [0, 0.1) is 0 Å². The molecule has 1 aliphatic heterocycles. The zero-order chi connectivity index (χ0) is 20.1. The van der Waals surface area contributed by atoms with Crippen LogP contribution >= 0.6 is 35.0 Å². The fourth-order valence-corrected chi connectivity index (χ4v) is 4.31. The first-order valence-electron chi connectivity index (χ1n) is 8.47. The van der Waals surface area contributed by atoms with E-state index < -0.39 is 12.0 Å². The Morgan fingerprint density at radius 2 is 2.00 bits per heavy atom. The summed E-state index contributed by atoms with van der Waals surface area (Å²) in [5, 5.41) is 13.1. The van der Waals surface area contributed by atoms with Gasteiger partial charge in [-0.3, -0.25) is 10.1 Å². The second kappa shape index (κ2) is 9.60. The van der Waals surface area contributed by atoms with Crippen LogP contribution in [0.25, 0.3) is 0 Å². The summed E-state index contributed by atoms with van der Waals surface area (Å²) in [6, 6.07) is 9.93. The molecule has 0 bridgehead atoms. The molecular formula is C19H19Cl2NO5S. The SMILES string of the molecule is COc1cccc(C2NC(C(=O)O)CS2)c1OCCOc1cc(Cl)ccc1Cl. The number of thioether (sulfide) groups is 1. The summed E-state index contributed by atoms with van der Waals surface area (Å²) in [6.07, 6.45) is 0. The van der Waals surface area contributed by atoms with Gasteiger partial charge in [0.05, 0.1) is 17.5 Å². The van der Waals surface area contributed by atoms with Gasteiger partial charge >= 0.3 is 5.97 Å². The largest absolute Gasteiger partial charge is 0.493 e. The highest BCUT2D eigenvalue weighted by molar-refractivity contribution is 7.99. The predicted octanol–water partition coefficient (Wildman–Crippen LogP) is 4.25. The van der Waals surface area contributed by atoms with Crippen molar-refractivity contribution in [2.75, 3.05) is 26.1 Å². The number of aliphatic carboxylic acids is 1.